The van der Waals surface area contributed by atoms with Gasteiger partial charge in [0.25, 0.3) is 5.78 Å². The monoisotopic (exact) mass is 996 g/mol. The zero-order valence-corrected chi connectivity index (χ0v) is 45.1. The second kappa shape index (κ2) is 30.3. The molecule has 0 saturated heterocycles. The van der Waals surface area contributed by atoms with Crippen molar-refractivity contribution >= 4 is 47.7 Å². The number of methoxy groups -OCH3 is 1. The van der Waals surface area contributed by atoms with Crippen LogP contribution in [-0.2, 0) is 52.9 Å². The Morgan fingerprint density at radius 3 is 1.24 bits per heavy atom. The van der Waals surface area contributed by atoms with E-state index < -0.39 is 29.5 Å². The fraction of sp³-hybridized carbons (Fsp3) is 0.302. The van der Waals surface area contributed by atoms with Crippen LogP contribution in [0.3, 0.4) is 0 Å². The van der Waals surface area contributed by atoms with Crippen LogP contribution in [0, 0.1) is 20.8 Å². The molecule has 74 heavy (non-hydrogen) atoms. The molecule has 0 bridgehead atoms. The molecule has 11 heteroatoms. The molecule has 0 aliphatic carbocycles. The molecule has 1 atom stereocenters. The predicted molar refractivity (Wildman–Crippen MR) is 301 cm³/mol. The summed E-state index contributed by atoms with van der Waals surface area (Å²) >= 11 is 0. The molecule has 11 nitrogen and oxygen atoms in total. The maximum atomic E-state index is 13.0. The molecule has 0 saturated carbocycles. The van der Waals surface area contributed by atoms with Gasteiger partial charge in [0.15, 0.2) is 0 Å². The van der Waals surface area contributed by atoms with Gasteiger partial charge in [0.2, 0.25) is 23.6 Å². The lowest BCUT2D eigenvalue weighted by molar-refractivity contribution is -0.125. The highest BCUT2D eigenvalue weighted by Crippen LogP contribution is 2.24. The van der Waals surface area contributed by atoms with Gasteiger partial charge in [0.05, 0.1) is 12.4 Å². The number of ketones is 4. The van der Waals surface area contributed by atoms with Crippen LogP contribution in [0.25, 0.3) is 0 Å². The summed E-state index contributed by atoms with van der Waals surface area (Å²) in [5.74, 6) is -2.09. The van der Waals surface area contributed by atoms with E-state index in [1.165, 1.54) is 19.7 Å². The van der Waals surface area contributed by atoms with E-state index in [9.17, 15) is 24.0 Å². The molecule has 0 radical (unpaired) electrons. The first-order valence-electron chi connectivity index (χ1n) is 25.5. The third kappa shape index (κ3) is 16.9. The third-order valence-corrected chi connectivity index (χ3v) is 12.2. The van der Waals surface area contributed by atoms with Crippen LogP contribution < -0.4 is 5.43 Å². The Morgan fingerprint density at radius 1 is 0.514 bits per heavy atom. The number of hydrogen-bond donors (Lipinski definition) is 1. The van der Waals surface area contributed by atoms with Gasteiger partial charge in [-0.25, -0.2) is 5.01 Å². The molecule has 386 valence electrons. The van der Waals surface area contributed by atoms with Crippen LogP contribution in [-0.4, -0.2) is 79.6 Å². The SMILES string of the molecule is CCc1cc(C)cc(CC)c1C(=O)C(=O)CN=Cc1ccccc1.CCc1cc(C)cc(CC)c1C(=O)C(=O)N(C)N=Cc1ccccc1.CCc1cc(C)cc(CC)c1C(=O)C(NN=Cc1ccccc1)OC. The second-order valence-electron chi connectivity index (χ2n) is 17.7. The second-order valence-corrected chi connectivity index (χ2v) is 17.7. The minimum atomic E-state index is -0.807. The molecule has 0 aliphatic heterocycles. The Balaban J connectivity index is 0.000000240. The summed E-state index contributed by atoms with van der Waals surface area (Å²) in [6.45, 7) is 18.1. The van der Waals surface area contributed by atoms with Crippen molar-refractivity contribution in [1.82, 2.24) is 10.4 Å². The number of amides is 1. The molecule has 1 unspecified atom stereocenters. The lowest BCUT2D eigenvalue weighted by Crippen LogP contribution is -2.36. The summed E-state index contributed by atoms with van der Waals surface area (Å²) in [4.78, 5) is 67.4. The molecule has 0 fully saturated rings. The minimum absolute atomic E-state index is 0.0820. The van der Waals surface area contributed by atoms with E-state index in [0.717, 1.165) is 97.5 Å². The Morgan fingerprint density at radius 2 is 0.865 bits per heavy atom. The summed E-state index contributed by atoms with van der Waals surface area (Å²) < 4.78 is 5.36. The van der Waals surface area contributed by atoms with Crippen LogP contribution in [0.5, 0.6) is 0 Å². The summed E-state index contributed by atoms with van der Waals surface area (Å²) in [5.41, 5.74) is 16.6. The summed E-state index contributed by atoms with van der Waals surface area (Å²) in [7, 11) is 3.02. The van der Waals surface area contributed by atoms with Crippen LogP contribution in [0.2, 0.25) is 0 Å². The Hall–Kier alpha value is -7.76. The highest BCUT2D eigenvalue weighted by molar-refractivity contribution is 6.45. The van der Waals surface area contributed by atoms with Gasteiger partial charge in [-0.2, -0.15) is 10.2 Å². The number of likely N-dealkylation sites (N-methyl/N-ethyl adjacent to an activating group) is 1. The van der Waals surface area contributed by atoms with Crippen molar-refractivity contribution in [1.29, 1.82) is 0 Å². The van der Waals surface area contributed by atoms with E-state index in [0.29, 0.717) is 24.0 Å². The number of hydrazone groups is 2. The summed E-state index contributed by atoms with van der Waals surface area (Å²) in [6, 6.07) is 40.8. The molecule has 6 aromatic rings. The molecule has 1 amide bonds. The molecular formula is C63H73N5O6. The van der Waals surface area contributed by atoms with Crippen molar-refractivity contribution in [3.63, 3.8) is 0 Å². The van der Waals surface area contributed by atoms with Crippen molar-refractivity contribution in [3.8, 4) is 0 Å². The molecule has 0 spiro atoms. The maximum Gasteiger partial charge on any atom is 0.314 e. The van der Waals surface area contributed by atoms with Crippen molar-refractivity contribution in [2.75, 3.05) is 20.7 Å². The number of aliphatic imine (C=N–C) groups is 1. The van der Waals surface area contributed by atoms with Gasteiger partial charge >= 0.3 is 5.91 Å². The average molecular weight is 996 g/mol. The van der Waals surface area contributed by atoms with E-state index >= 15 is 0 Å². The molecule has 6 aromatic carbocycles. The summed E-state index contributed by atoms with van der Waals surface area (Å²) in [6.07, 6.45) is 8.56. The number of Topliss-reactive ketones (excluding diaryl/α,β-unsaturated/α-hetero) is 4. The van der Waals surface area contributed by atoms with Crippen LogP contribution >= 0.6 is 0 Å². The predicted octanol–water partition coefficient (Wildman–Crippen LogP) is 11.7. The number of ether oxygens (including phenoxy) is 1. The number of benzene rings is 6. The largest absolute Gasteiger partial charge is 0.353 e. The van der Waals surface area contributed by atoms with E-state index in [1.807, 2.05) is 157 Å². The normalized spacial score (nSPS) is 11.4. The van der Waals surface area contributed by atoms with E-state index in [1.54, 1.807) is 18.6 Å². The van der Waals surface area contributed by atoms with Gasteiger partial charge in [-0.3, -0.25) is 34.4 Å². The Bertz CT molecular complexity index is 2850. The van der Waals surface area contributed by atoms with Crippen molar-refractivity contribution in [3.05, 3.63) is 211 Å². The van der Waals surface area contributed by atoms with Crippen molar-refractivity contribution in [2.24, 2.45) is 15.2 Å². The van der Waals surface area contributed by atoms with Crippen LogP contribution in [0.4, 0.5) is 0 Å². The highest BCUT2D eigenvalue weighted by atomic mass is 16.5. The lowest BCUT2D eigenvalue weighted by Gasteiger charge is -2.19. The summed E-state index contributed by atoms with van der Waals surface area (Å²) in [5, 5.41) is 9.38. The molecule has 0 aromatic heterocycles. The van der Waals surface area contributed by atoms with E-state index in [4.69, 9.17) is 4.74 Å². The topological polar surface area (TPSA) is 147 Å². The number of hydrogen-bond acceptors (Lipinski definition) is 10. The number of nitrogens with one attached hydrogen (secondary N) is 1. The zero-order valence-electron chi connectivity index (χ0n) is 45.1. The standard InChI is InChI=1S/C21H26N2O2.C21H24N2O2.C21H23NO2/c1-5-17-12-15(3)13-18(6-2)19(17)20(24)21(25-4)23-22-14-16-10-8-7-9-11-16;1-5-17-12-15(3)13-18(6-2)19(17)20(24)21(25)23(4)22-14-16-10-8-7-9-11-16;1-4-17-11-15(3)12-18(5-2)20(17)21(24)19(23)14-22-13-16-9-7-6-8-10-16/h7-14,21,23H,5-6H2,1-4H3;7-14H,5-6H2,1-4H3;6-13H,4-5,14H2,1-3H3. The first-order valence-corrected chi connectivity index (χ1v) is 25.5. The number of rotatable bonds is 21. The Kier molecular flexibility index (Phi) is 24.1. The smallest absolute Gasteiger partial charge is 0.314 e. The van der Waals surface area contributed by atoms with Crippen LogP contribution in [0.15, 0.2) is 143 Å². The zero-order chi connectivity index (χ0) is 54.2. The minimum Gasteiger partial charge on any atom is -0.353 e. The van der Waals surface area contributed by atoms with Crippen LogP contribution in [0.1, 0.15) is 139 Å². The van der Waals surface area contributed by atoms with E-state index in [-0.39, 0.29) is 12.3 Å². The number of carbonyl (C=O) groups is 5. The van der Waals surface area contributed by atoms with Crippen molar-refractivity contribution < 1.29 is 28.7 Å². The van der Waals surface area contributed by atoms with Gasteiger partial charge < -0.3 is 4.74 Å². The molecule has 0 heterocycles. The molecular weight excluding hydrogens is 923 g/mol. The Labute approximate surface area is 438 Å². The average Bonchev–Trinajstić information content (AvgIpc) is 3.42. The molecule has 6 rings (SSSR count). The molecule has 0 aliphatic rings. The fourth-order valence-electron chi connectivity index (χ4n) is 8.45. The fourth-order valence-corrected chi connectivity index (χ4v) is 8.45. The van der Waals surface area contributed by atoms with Gasteiger partial charge in [0, 0.05) is 37.1 Å². The first kappa shape index (κ1) is 58.8. The quantitative estimate of drug-likeness (QED) is 0.0248. The van der Waals surface area contributed by atoms with Gasteiger partial charge in [-0.15, -0.1) is 0 Å². The van der Waals surface area contributed by atoms with Crippen molar-refractivity contribution in [2.45, 2.75) is 107 Å². The number of nitrogens with zero attached hydrogens (tertiary/aromatic N) is 4. The number of carbonyl (C=O) groups excluding carboxylic acids is 5. The van der Waals surface area contributed by atoms with Gasteiger partial charge in [-0.05, 0) is 109 Å². The number of aryl methyl sites for hydroxylation is 9. The van der Waals surface area contributed by atoms with E-state index in [2.05, 4.69) is 53.5 Å². The van der Waals surface area contributed by atoms with Gasteiger partial charge in [-0.1, -0.05) is 186 Å². The lowest BCUT2D eigenvalue weighted by atomic mass is 9.91. The highest BCUT2D eigenvalue weighted by Gasteiger charge is 2.26. The maximum absolute atomic E-state index is 13.0. The first-order chi connectivity index (χ1) is 35.6. The third-order valence-electron chi connectivity index (χ3n) is 12.2. The molecule has 1 N–H and O–H groups in total. The van der Waals surface area contributed by atoms with Gasteiger partial charge in [0.1, 0.15) is 6.54 Å².